The van der Waals surface area contributed by atoms with Gasteiger partial charge in [0.05, 0.1) is 5.69 Å². The van der Waals surface area contributed by atoms with Crippen molar-refractivity contribution in [2.24, 2.45) is 0 Å². The van der Waals surface area contributed by atoms with Crippen LogP contribution in [0.2, 0.25) is 0 Å². The Morgan fingerprint density at radius 3 is 2.56 bits per heavy atom. The maximum atomic E-state index is 12.3. The summed E-state index contributed by atoms with van der Waals surface area (Å²) >= 11 is 0. The van der Waals surface area contributed by atoms with Crippen molar-refractivity contribution < 1.29 is 4.79 Å². The summed E-state index contributed by atoms with van der Waals surface area (Å²) in [6.07, 6.45) is 0. The van der Waals surface area contributed by atoms with Crippen LogP contribution in [-0.4, -0.2) is 39.8 Å². The van der Waals surface area contributed by atoms with E-state index < -0.39 is 0 Å². The van der Waals surface area contributed by atoms with Gasteiger partial charge in [0.25, 0.3) is 5.91 Å². The zero-order valence-corrected chi connectivity index (χ0v) is 16.4. The van der Waals surface area contributed by atoms with Crippen LogP contribution in [0.15, 0.2) is 24.3 Å². The lowest BCUT2D eigenvalue weighted by Crippen LogP contribution is -2.39. The summed E-state index contributed by atoms with van der Waals surface area (Å²) in [7, 11) is 0. The maximum Gasteiger partial charge on any atom is 0.291 e. The van der Waals surface area contributed by atoms with Gasteiger partial charge in [0.1, 0.15) is 5.82 Å². The van der Waals surface area contributed by atoms with E-state index in [9.17, 15) is 4.79 Å². The summed E-state index contributed by atoms with van der Waals surface area (Å²) in [6.45, 7) is 11.6. The van der Waals surface area contributed by atoms with Crippen LogP contribution in [-0.2, 0) is 0 Å². The van der Waals surface area contributed by atoms with Gasteiger partial charge in [-0.15, -0.1) is 17.5 Å². The number of aryl methyl sites for hydroxylation is 1. The summed E-state index contributed by atoms with van der Waals surface area (Å²) < 4.78 is 1.75. The van der Waals surface area contributed by atoms with E-state index in [1.54, 1.807) is 4.68 Å². The molecule has 1 atom stereocenters. The lowest BCUT2D eigenvalue weighted by atomic mass is 10.0. The molecule has 0 aliphatic rings. The molecule has 0 saturated carbocycles. The monoisotopic (exact) mass is 365 g/mol. The summed E-state index contributed by atoms with van der Waals surface area (Å²) in [4.78, 5) is 16.6. The van der Waals surface area contributed by atoms with E-state index in [2.05, 4.69) is 40.6 Å². The van der Waals surface area contributed by atoms with Gasteiger partial charge in [-0.1, -0.05) is 39.0 Å². The van der Waals surface area contributed by atoms with Crippen LogP contribution < -0.4 is 10.6 Å². The fourth-order valence-electron chi connectivity index (χ4n) is 2.63. The Morgan fingerprint density at radius 1 is 1.24 bits per heavy atom. The van der Waals surface area contributed by atoms with Crippen molar-refractivity contribution in [1.29, 1.82) is 0 Å². The molecule has 1 aromatic heterocycles. The molecule has 0 unspecified atom stereocenters. The molecule has 7 heteroatoms. The van der Waals surface area contributed by atoms with E-state index in [1.165, 1.54) is 5.56 Å². The number of carbonyl (C=O) groups is 1. The van der Waals surface area contributed by atoms with E-state index in [0.29, 0.717) is 18.3 Å². The van der Waals surface area contributed by atoms with Crippen LogP contribution in [0.1, 0.15) is 55.6 Å². The van der Waals surface area contributed by atoms with E-state index >= 15 is 0 Å². The van der Waals surface area contributed by atoms with E-state index in [4.69, 9.17) is 0 Å². The highest BCUT2D eigenvalue weighted by Crippen LogP contribution is 2.23. The van der Waals surface area contributed by atoms with Crippen molar-refractivity contribution in [2.75, 3.05) is 13.1 Å². The Balaban J connectivity index is 0.00000312. The first-order valence-corrected chi connectivity index (χ1v) is 8.48. The van der Waals surface area contributed by atoms with Crippen molar-refractivity contribution in [1.82, 2.24) is 25.4 Å². The molecular formula is C18H28ClN5O. The molecule has 0 aliphatic carbocycles. The number of para-hydroxylation sites is 1. The van der Waals surface area contributed by atoms with Crippen LogP contribution in [0, 0.1) is 6.92 Å². The maximum absolute atomic E-state index is 12.3. The molecule has 2 aromatic rings. The van der Waals surface area contributed by atoms with Crippen molar-refractivity contribution in [2.45, 2.75) is 46.6 Å². The lowest BCUT2D eigenvalue weighted by Gasteiger charge is -2.13. The minimum atomic E-state index is -0.247. The lowest BCUT2D eigenvalue weighted by molar-refractivity contribution is 0.0940. The Morgan fingerprint density at radius 2 is 1.92 bits per heavy atom. The van der Waals surface area contributed by atoms with Crippen molar-refractivity contribution in [3.05, 3.63) is 41.5 Å². The van der Waals surface area contributed by atoms with Crippen LogP contribution in [0.3, 0.4) is 0 Å². The average molecular weight is 366 g/mol. The number of rotatable bonds is 7. The van der Waals surface area contributed by atoms with Crippen molar-refractivity contribution in [3.63, 3.8) is 0 Å². The van der Waals surface area contributed by atoms with Crippen molar-refractivity contribution >= 4 is 18.3 Å². The molecule has 25 heavy (non-hydrogen) atoms. The fraction of sp³-hybridized carbons (Fsp3) is 0.500. The summed E-state index contributed by atoms with van der Waals surface area (Å²) in [5.41, 5.74) is 2.15. The SMILES string of the molecule is CCN[C@H](C)CNC(=O)c1nc(C)n(-c2ccccc2C(C)C)n1.Cl. The quantitative estimate of drug-likeness (QED) is 0.791. The molecule has 1 aromatic carbocycles. The van der Waals surface area contributed by atoms with Gasteiger partial charge in [-0.3, -0.25) is 4.79 Å². The first kappa shape index (κ1) is 21.1. The van der Waals surface area contributed by atoms with Gasteiger partial charge in [-0.2, -0.15) is 0 Å². The number of nitrogens with zero attached hydrogens (tertiary/aromatic N) is 3. The molecule has 2 rings (SSSR count). The zero-order valence-electron chi connectivity index (χ0n) is 15.5. The molecule has 0 bridgehead atoms. The molecule has 0 aliphatic heterocycles. The molecule has 0 saturated heterocycles. The summed E-state index contributed by atoms with van der Waals surface area (Å²) in [5.74, 6) is 1.02. The van der Waals surface area contributed by atoms with Gasteiger partial charge >= 0.3 is 0 Å². The third kappa shape index (κ3) is 5.28. The highest BCUT2D eigenvalue weighted by atomic mass is 35.5. The van der Waals surface area contributed by atoms with E-state index in [0.717, 1.165) is 12.2 Å². The van der Waals surface area contributed by atoms with E-state index in [1.807, 2.05) is 39.0 Å². The molecular weight excluding hydrogens is 338 g/mol. The highest BCUT2D eigenvalue weighted by molar-refractivity contribution is 5.90. The number of aromatic nitrogens is 3. The fourth-order valence-corrected chi connectivity index (χ4v) is 2.63. The molecule has 6 nitrogen and oxygen atoms in total. The second-order valence-electron chi connectivity index (χ2n) is 6.28. The Kier molecular flexibility index (Phi) is 8.06. The van der Waals surface area contributed by atoms with Crippen LogP contribution in [0.25, 0.3) is 5.69 Å². The average Bonchev–Trinajstić information content (AvgIpc) is 2.94. The van der Waals surface area contributed by atoms with Gasteiger partial charge in [0, 0.05) is 12.6 Å². The zero-order chi connectivity index (χ0) is 17.7. The van der Waals surface area contributed by atoms with Crippen LogP contribution in [0.4, 0.5) is 0 Å². The predicted octanol–water partition coefficient (Wildman–Crippen LogP) is 2.85. The molecule has 2 N–H and O–H groups in total. The normalized spacial score (nSPS) is 11.9. The van der Waals surface area contributed by atoms with Gasteiger partial charge in [-0.25, -0.2) is 9.67 Å². The smallest absolute Gasteiger partial charge is 0.291 e. The number of amides is 1. The molecule has 138 valence electrons. The van der Waals surface area contributed by atoms with Gasteiger partial charge in [0.15, 0.2) is 0 Å². The van der Waals surface area contributed by atoms with Gasteiger partial charge in [-0.05, 0) is 37.9 Å². The van der Waals surface area contributed by atoms with Crippen LogP contribution >= 0.6 is 12.4 Å². The number of hydrogen-bond donors (Lipinski definition) is 2. The first-order valence-electron chi connectivity index (χ1n) is 8.48. The predicted molar refractivity (Wildman–Crippen MR) is 103 cm³/mol. The topological polar surface area (TPSA) is 71.8 Å². The minimum absolute atomic E-state index is 0. The minimum Gasteiger partial charge on any atom is -0.348 e. The molecule has 0 radical (unpaired) electrons. The second-order valence-corrected chi connectivity index (χ2v) is 6.28. The highest BCUT2D eigenvalue weighted by Gasteiger charge is 2.17. The Labute approximate surface area is 155 Å². The van der Waals surface area contributed by atoms with Crippen molar-refractivity contribution in [3.8, 4) is 5.69 Å². The van der Waals surface area contributed by atoms with Gasteiger partial charge < -0.3 is 10.6 Å². The number of benzene rings is 1. The molecule has 0 spiro atoms. The number of likely N-dealkylation sites (N-methyl/N-ethyl adjacent to an activating group) is 1. The molecule has 0 fully saturated rings. The molecule has 1 amide bonds. The molecule has 1 heterocycles. The number of hydrogen-bond acceptors (Lipinski definition) is 4. The largest absolute Gasteiger partial charge is 0.348 e. The number of nitrogens with one attached hydrogen (secondary N) is 2. The Hall–Kier alpha value is -1.92. The van der Waals surface area contributed by atoms with Gasteiger partial charge in [0.2, 0.25) is 5.82 Å². The summed E-state index contributed by atoms with van der Waals surface area (Å²) in [6, 6.07) is 8.29. The third-order valence-corrected chi connectivity index (χ3v) is 3.88. The number of carbonyl (C=O) groups excluding carboxylic acids is 1. The van der Waals surface area contributed by atoms with E-state index in [-0.39, 0.29) is 30.2 Å². The Bertz CT molecular complexity index is 699. The van der Waals surface area contributed by atoms with Crippen LogP contribution in [0.5, 0.6) is 0 Å². The first-order chi connectivity index (χ1) is 11.4. The third-order valence-electron chi connectivity index (χ3n) is 3.88. The standard InChI is InChI=1S/C18H27N5O.ClH/c1-6-19-13(4)11-20-18(24)17-21-14(5)23(22-17)16-10-8-7-9-15(16)12(2)3;/h7-10,12-13,19H,6,11H2,1-5H3,(H,20,24);1H/t13-;/m1./s1. The number of halogens is 1. The second kappa shape index (κ2) is 9.53. The summed E-state index contributed by atoms with van der Waals surface area (Å²) in [5, 5.41) is 10.5.